The van der Waals surface area contributed by atoms with Crippen molar-refractivity contribution in [1.82, 2.24) is 10.1 Å². The smallest absolute Gasteiger partial charge is 0.263 e. The highest BCUT2D eigenvalue weighted by atomic mass is 35.5. The minimum absolute atomic E-state index is 0.329. The molecule has 0 fully saturated rings. The van der Waals surface area contributed by atoms with Gasteiger partial charge in [0.25, 0.3) is 5.91 Å². The number of carbonyl (C=O) groups is 1. The maximum Gasteiger partial charge on any atom is 0.263 e. The zero-order valence-corrected chi connectivity index (χ0v) is 16.0. The fraction of sp³-hybridized carbons (Fsp3) is 0.105. The maximum atomic E-state index is 12.9. The number of fused-ring (bicyclic) bond motifs is 1. The van der Waals surface area contributed by atoms with Crippen LogP contribution in [-0.4, -0.2) is 23.2 Å². The van der Waals surface area contributed by atoms with Crippen molar-refractivity contribution in [2.75, 3.05) is 12.4 Å². The van der Waals surface area contributed by atoms with Crippen molar-refractivity contribution < 1.29 is 14.1 Å². The van der Waals surface area contributed by atoms with E-state index in [1.54, 1.807) is 38.3 Å². The number of amides is 1. The van der Waals surface area contributed by atoms with E-state index < -0.39 is 0 Å². The summed E-state index contributed by atoms with van der Waals surface area (Å²) in [6, 6.07) is 12.6. The lowest BCUT2D eigenvalue weighted by Gasteiger charge is -2.03. The van der Waals surface area contributed by atoms with Gasteiger partial charge >= 0.3 is 0 Å². The molecule has 8 heteroatoms. The first-order chi connectivity index (χ1) is 13.0. The fourth-order valence-corrected chi connectivity index (χ4v) is 3.70. The number of thiazole rings is 1. The van der Waals surface area contributed by atoms with Crippen LogP contribution in [0.2, 0.25) is 5.02 Å². The molecular formula is C19H14ClN3O3S. The van der Waals surface area contributed by atoms with Crippen molar-refractivity contribution in [3.8, 4) is 17.1 Å². The van der Waals surface area contributed by atoms with E-state index in [4.69, 9.17) is 20.9 Å². The number of halogens is 1. The minimum atomic E-state index is -0.329. The number of methoxy groups -OCH3 is 1. The second kappa shape index (κ2) is 7.02. The third-order valence-electron chi connectivity index (χ3n) is 4.01. The SMILES string of the molecule is COc1ccc2nc(NC(=O)c3c(C)noc3-c3ccc(Cl)cc3)sc2c1. The highest BCUT2D eigenvalue weighted by Crippen LogP contribution is 2.31. The monoisotopic (exact) mass is 399 g/mol. The highest BCUT2D eigenvalue weighted by Gasteiger charge is 2.23. The third-order valence-corrected chi connectivity index (χ3v) is 5.20. The van der Waals surface area contributed by atoms with Gasteiger partial charge < -0.3 is 9.26 Å². The molecule has 1 amide bonds. The Hall–Kier alpha value is -2.90. The summed E-state index contributed by atoms with van der Waals surface area (Å²) in [6.07, 6.45) is 0. The molecule has 2 heterocycles. The Morgan fingerprint density at radius 3 is 2.74 bits per heavy atom. The molecule has 0 aliphatic rings. The molecule has 6 nitrogen and oxygen atoms in total. The molecule has 0 radical (unpaired) electrons. The largest absolute Gasteiger partial charge is 0.497 e. The quantitative estimate of drug-likeness (QED) is 0.512. The molecule has 0 saturated carbocycles. The lowest BCUT2D eigenvalue weighted by atomic mass is 10.1. The molecule has 2 aromatic heterocycles. The summed E-state index contributed by atoms with van der Waals surface area (Å²) in [7, 11) is 1.61. The van der Waals surface area contributed by atoms with E-state index in [2.05, 4.69) is 15.5 Å². The van der Waals surface area contributed by atoms with Gasteiger partial charge in [0.1, 0.15) is 11.3 Å². The molecule has 0 aliphatic carbocycles. The number of nitrogens with one attached hydrogen (secondary N) is 1. The zero-order valence-electron chi connectivity index (χ0n) is 14.4. The number of nitrogens with zero attached hydrogens (tertiary/aromatic N) is 2. The van der Waals surface area contributed by atoms with E-state index in [1.165, 1.54) is 11.3 Å². The van der Waals surface area contributed by atoms with Crippen LogP contribution in [0.4, 0.5) is 5.13 Å². The van der Waals surface area contributed by atoms with Crippen molar-refractivity contribution in [3.63, 3.8) is 0 Å². The van der Waals surface area contributed by atoms with Crippen molar-refractivity contribution >= 4 is 44.2 Å². The van der Waals surface area contributed by atoms with E-state index in [-0.39, 0.29) is 5.91 Å². The van der Waals surface area contributed by atoms with E-state index in [0.717, 1.165) is 21.5 Å². The second-order valence-electron chi connectivity index (χ2n) is 5.79. The van der Waals surface area contributed by atoms with Gasteiger partial charge in [0, 0.05) is 10.6 Å². The van der Waals surface area contributed by atoms with Crippen LogP contribution >= 0.6 is 22.9 Å². The summed E-state index contributed by atoms with van der Waals surface area (Å²) >= 11 is 7.30. The first-order valence-corrected chi connectivity index (χ1v) is 9.23. The van der Waals surface area contributed by atoms with Crippen LogP contribution in [0.3, 0.4) is 0 Å². The summed E-state index contributed by atoms with van der Waals surface area (Å²) in [5.41, 5.74) is 2.38. The van der Waals surface area contributed by atoms with Gasteiger partial charge in [-0.15, -0.1) is 0 Å². The Bertz CT molecular complexity index is 1140. The van der Waals surface area contributed by atoms with Crippen molar-refractivity contribution in [2.24, 2.45) is 0 Å². The summed E-state index contributed by atoms with van der Waals surface area (Å²) in [4.78, 5) is 17.3. The second-order valence-corrected chi connectivity index (χ2v) is 7.25. The Morgan fingerprint density at radius 1 is 1.22 bits per heavy atom. The molecule has 136 valence electrons. The van der Waals surface area contributed by atoms with Gasteiger partial charge in [-0.25, -0.2) is 4.98 Å². The Balaban J connectivity index is 1.65. The van der Waals surface area contributed by atoms with Crippen LogP contribution < -0.4 is 10.1 Å². The first-order valence-electron chi connectivity index (χ1n) is 8.03. The van der Waals surface area contributed by atoms with Gasteiger partial charge in [0.2, 0.25) is 0 Å². The number of rotatable bonds is 4. The van der Waals surface area contributed by atoms with Crippen molar-refractivity contribution in [2.45, 2.75) is 6.92 Å². The standard InChI is InChI=1S/C19H14ClN3O3S/c1-10-16(17(26-23-10)11-3-5-12(20)6-4-11)18(24)22-19-21-14-8-7-13(25-2)9-15(14)27-19/h3-9H,1-2H3,(H,21,22,24). The van der Waals surface area contributed by atoms with Gasteiger partial charge in [0.05, 0.1) is 23.0 Å². The molecule has 0 spiro atoms. The van der Waals surface area contributed by atoms with Crippen LogP contribution in [0.15, 0.2) is 47.0 Å². The van der Waals surface area contributed by atoms with Crippen LogP contribution in [-0.2, 0) is 0 Å². The van der Waals surface area contributed by atoms with Gasteiger partial charge in [-0.05, 0) is 49.4 Å². The third kappa shape index (κ3) is 3.39. The molecule has 1 N–H and O–H groups in total. The van der Waals surface area contributed by atoms with Crippen molar-refractivity contribution in [3.05, 3.63) is 58.7 Å². The molecule has 0 saturated heterocycles. The fourth-order valence-electron chi connectivity index (χ4n) is 2.68. The topological polar surface area (TPSA) is 77.2 Å². The first kappa shape index (κ1) is 17.5. The number of carbonyl (C=O) groups excluding carboxylic acids is 1. The van der Waals surface area contributed by atoms with Crippen LogP contribution in [0.25, 0.3) is 21.5 Å². The highest BCUT2D eigenvalue weighted by molar-refractivity contribution is 7.22. The summed E-state index contributed by atoms with van der Waals surface area (Å²) in [5, 5.41) is 7.87. The van der Waals surface area contributed by atoms with Crippen molar-refractivity contribution in [1.29, 1.82) is 0 Å². The predicted octanol–water partition coefficient (Wildman–Crippen LogP) is 5.17. The number of ether oxygens (including phenoxy) is 1. The summed E-state index contributed by atoms with van der Waals surface area (Å²) in [6.45, 7) is 1.72. The summed E-state index contributed by atoms with van der Waals surface area (Å²) in [5.74, 6) is 0.804. The summed E-state index contributed by atoms with van der Waals surface area (Å²) < 4.78 is 11.5. The molecule has 27 heavy (non-hydrogen) atoms. The lowest BCUT2D eigenvalue weighted by Crippen LogP contribution is -2.13. The average molecular weight is 400 g/mol. The minimum Gasteiger partial charge on any atom is -0.497 e. The number of hydrogen-bond donors (Lipinski definition) is 1. The van der Waals surface area contributed by atoms with Gasteiger partial charge in [0.15, 0.2) is 10.9 Å². The molecular weight excluding hydrogens is 386 g/mol. The number of benzene rings is 2. The predicted molar refractivity (Wildman–Crippen MR) is 106 cm³/mol. The maximum absolute atomic E-state index is 12.9. The normalized spacial score (nSPS) is 10.9. The van der Waals surface area contributed by atoms with Crippen LogP contribution in [0.5, 0.6) is 5.75 Å². The number of hydrogen-bond acceptors (Lipinski definition) is 6. The van der Waals surface area contributed by atoms with Gasteiger partial charge in [-0.1, -0.05) is 28.1 Å². The van der Waals surface area contributed by atoms with E-state index in [9.17, 15) is 4.79 Å². The van der Waals surface area contributed by atoms with Gasteiger partial charge in [-0.2, -0.15) is 0 Å². The number of anilines is 1. The Kier molecular flexibility index (Phi) is 4.55. The molecule has 0 atom stereocenters. The lowest BCUT2D eigenvalue weighted by molar-refractivity contribution is 0.102. The average Bonchev–Trinajstić information content (AvgIpc) is 3.24. The van der Waals surface area contributed by atoms with E-state index in [1.807, 2.05) is 18.2 Å². The van der Waals surface area contributed by atoms with Gasteiger partial charge in [-0.3, -0.25) is 10.1 Å². The molecule has 0 aliphatic heterocycles. The van der Waals surface area contributed by atoms with E-state index >= 15 is 0 Å². The molecule has 0 bridgehead atoms. The molecule has 2 aromatic carbocycles. The Labute approximate surface area is 163 Å². The van der Waals surface area contributed by atoms with E-state index in [0.29, 0.717) is 27.2 Å². The molecule has 4 rings (SSSR count). The molecule has 4 aromatic rings. The zero-order chi connectivity index (χ0) is 19.0. The Morgan fingerprint density at radius 2 is 2.00 bits per heavy atom. The number of aromatic nitrogens is 2. The molecule has 0 unspecified atom stereocenters. The number of aryl methyl sites for hydroxylation is 1. The van der Waals surface area contributed by atoms with Crippen LogP contribution in [0.1, 0.15) is 16.1 Å². The van der Waals surface area contributed by atoms with Crippen LogP contribution in [0, 0.1) is 6.92 Å².